The van der Waals surface area contributed by atoms with Gasteiger partial charge >= 0.3 is 6.55 Å². The van der Waals surface area contributed by atoms with Crippen LogP contribution in [0.5, 0.6) is 0 Å². The van der Waals surface area contributed by atoms with Crippen molar-refractivity contribution < 1.29 is 17.2 Å². The molecule has 0 bridgehead atoms. The van der Waals surface area contributed by atoms with Crippen molar-refractivity contribution >= 4 is 37.0 Å². The average molecular weight is 430 g/mol. The molecule has 1 heterocycles. The fourth-order valence-electron chi connectivity index (χ4n) is 2.53. The van der Waals surface area contributed by atoms with E-state index in [0.717, 1.165) is 8.87 Å². The van der Waals surface area contributed by atoms with Gasteiger partial charge in [-0.3, -0.25) is 4.57 Å². The smallest absolute Gasteiger partial charge is 0.269 e. The number of sulfonamides is 1. The second-order valence-electron chi connectivity index (χ2n) is 5.36. The van der Waals surface area contributed by atoms with Crippen molar-refractivity contribution in [3.05, 3.63) is 58.8 Å². The van der Waals surface area contributed by atoms with Crippen molar-refractivity contribution in [2.24, 2.45) is 0 Å². The maximum absolute atomic E-state index is 13.5. The van der Waals surface area contributed by atoms with Gasteiger partial charge in [-0.15, -0.1) is 0 Å². The largest absolute Gasteiger partial charge is 0.320 e. The van der Waals surface area contributed by atoms with Crippen LogP contribution in [0, 0.1) is 0 Å². The van der Waals surface area contributed by atoms with Crippen molar-refractivity contribution in [3.8, 4) is 0 Å². The molecule has 0 aliphatic rings. The molecular weight excluding hydrogens is 416 g/mol. The van der Waals surface area contributed by atoms with E-state index in [9.17, 15) is 17.2 Å². The molecule has 2 aromatic carbocycles. The Kier molecular flexibility index (Phi) is 4.90. The second kappa shape index (κ2) is 6.81. The van der Waals surface area contributed by atoms with Crippen molar-refractivity contribution in [3.63, 3.8) is 0 Å². The number of rotatable bonds is 5. The average Bonchev–Trinajstić information content (AvgIpc) is 2.92. The predicted molar refractivity (Wildman–Crippen MR) is 93.8 cm³/mol. The number of hydrogen-bond acceptors (Lipinski definition) is 3. The number of para-hydroxylation sites is 2. The number of fused-ring (bicyclic) bond motifs is 1. The van der Waals surface area contributed by atoms with E-state index in [1.165, 1.54) is 19.2 Å². The zero-order valence-corrected chi connectivity index (χ0v) is 15.5. The standard InChI is InChI=1S/C16H14BrF2N3O2S/c1-21(25(23,24)14-9-5-2-6-11(14)17)10-15-20-12-7-3-4-8-13(12)22(15)16(18)19/h2-9,16H,10H2,1H3. The molecule has 25 heavy (non-hydrogen) atoms. The molecule has 132 valence electrons. The molecule has 0 aliphatic heterocycles. The van der Waals surface area contributed by atoms with E-state index in [1.807, 2.05) is 0 Å². The van der Waals surface area contributed by atoms with Gasteiger partial charge in [0, 0.05) is 11.5 Å². The van der Waals surface area contributed by atoms with E-state index >= 15 is 0 Å². The van der Waals surface area contributed by atoms with E-state index in [0.29, 0.717) is 9.99 Å². The van der Waals surface area contributed by atoms with Crippen LogP contribution in [0.15, 0.2) is 57.9 Å². The molecule has 1 aromatic heterocycles. The number of imidazole rings is 1. The van der Waals surface area contributed by atoms with Crippen molar-refractivity contribution in [1.82, 2.24) is 13.9 Å². The molecule has 3 rings (SSSR count). The number of nitrogens with zero attached hydrogens (tertiary/aromatic N) is 3. The van der Waals surface area contributed by atoms with Crippen LogP contribution in [0.4, 0.5) is 8.78 Å². The fourth-order valence-corrected chi connectivity index (χ4v) is 4.61. The zero-order valence-electron chi connectivity index (χ0n) is 13.1. The highest BCUT2D eigenvalue weighted by Gasteiger charge is 2.26. The maximum Gasteiger partial charge on any atom is 0.320 e. The molecule has 0 radical (unpaired) electrons. The lowest BCUT2D eigenvalue weighted by molar-refractivity contribution is 0.0703. The topological polar surface area (TPSA) is 55.2 Å². The van der Waals surface area contributed by atoms with Gasteiger partial charge in [0.25, 0.3) is 0 Å². The van der Waals surface area contributed by atoms with Gasteiger partial charge in [0.15, 0.2) is 0 Å². The molecular formula is C16H14BrF2N3O2S. The Morgan fingerprint density at radius 2 is 1.80 bits per heavy atom. The van der Waals surface area contributed by atoms with Crippen LogP contribution in [-0.4, -0.2) is 29.3 Å². The zero-order chi connectivity index (χ0) is 18.2. The van der Waals surface area contributed by atoms with E-state index in [-0.39, 0.29) is 22.8 Å². The van der Waals surface area contributed by atoms with Crippen LogP contribution in [0.3, 0.4) is 0 Å². The van der Waals surface area contributed by atoms with Gasteiger partial charge in [0.1, 0.15) is 5.82 Å². The van der Waals surface area contributed by atoms with Gasteiger partial charge in [-0.05, 0) is 40.2 Å². The summed E-state index contributed by atoms with van der Waals surface area (Å²) >= 11 is 3.20. The summed E-state index contributed by atoms with van der Waals surface area (Å²) in [5.74, 6) is -0.0191. The summed E-state index contributed by atoms with van der Waals surface area (Å²) in [6.07, 6.45) is 0. The first-order valence-electron chi connectivity index (χ1n) is 7.27. The first-order valence-corrected chi connectivity index (χ1v) is 9.50. The summed E-state index contributed by atoms with van der Waals surface area (Å²) in [4.78, 5) is 4.24. The summed E-state index contributed by atoms with van der Waals surface area (Å²) in [7, 11) is -2.52. The number of benzene rings is 2. The minimum absolute atomic E-state index is 0.0191. The van der Waals surface area contributed by atoms with Crippen LogP contribution in [0.25, 0.3) is 11.0 Å². The molecule has 0 aliphatic carbocycles. The lowest BCUT2D eigenvalue weighted by atomic mass is 10.3. The molecule has 0 N–H and O–H groups in total. The van der Waals surface area contributed by atoms with Crippen LogP contribution in [0.2, 0.25) is 0 Å². The van der Waals surface area contributed by atoms with Crippen LogP contribution in [-0.2, 0) is 16.6 Å². The van der Waals surface area contributed by atoms with E-state index < -0.39 is 16.6 Å². The Hall–Kier alpha value is -1.84. The fraction of sp³-hybridized carbons (Fsp3) is 0.188. The van der Waals surface area contributed by atoms with E-state index in [4.69, 9.17) is 0 Å². The molecule has 0 fully saturated rings. The lowest BCUT2D eigenvalue weighted by Crippen LogP contribution is -2.28. The van der Waals surface area contributed by atoms with E-state index in [1.54, 1.807) is 36.4 Å². The highest BCUT2D eigenvalue weighted by Crippen LogP contribution is 2.27. The maximum atomic E-state index is 13.5. The summed E-state index contributed by atoms with van der Waals surface area (Å²) < 4.78 is 54.6. The minimum Gasteiger partial charge on any atom is -0.269 e. The molecule has 0 saturated heterocycles. The molecule has 0 unspecified atom stereocenters. The van der Waals surface area contributed by atoms with Crippen molar-refractivity contribution in [2.75, 3.05) is 7.05 Å². The molecule has 3 aromatic rings. The monoisotopic (exact) mass is 429 g/mol. The molecule has 0 saturated carbocycles. The third kappa shape index (κ3) is 3.31. The van der Waals surface area contributed by atoms with Gasteiger partial charge in [-0.1, -0.05) is 24.3 Å². The Bertz CT molecular complexity index is 1020. The van der Waals surface area contributed by atoms with Gasteiger partial charge in [0.05, 0.1) is 22.5 Å². The van der Waals surface area contributed by atoms with Crippen molar-refractivity contribution in [1.29, 1.82) is 0 Å². The SMILES string of the molecule is CN(Cc1nc2ccccc2n1C(F)F)S(=O)(=O)c1ccccc1Br. The lowest BCUT2D eigenvalue weighted by Gasteiger charge is -2.18. The molecule has 0 spiro atoms. The van der Waals surface area contributed by atoms with Gasteiger partial charge < -0.3 is 0 Å². The van der Waals surface area contributed by atoms with Gasteiger partial charge in [-0.25, -0.2) is 13.4 Å². The summed E-state index contributed by atoms with van der Waals surface area (Å²) in [5, 5.41) is 0. The molecule has 5 nitrogen and oxygen atoms in total. The third-order valence-electron chi connectivity index (χ3n) is 3.75. The summed E-state index contributed by atoms with van der Waals surface area (Å²) in [5.41, 5.74) is 0.656. The predicted octanol–water partition coefficient (Wildman–Crippen LogP) is 4.01. The van der Waals surface area contributed by atoms with Crippen LogP contribution >= 0.6 is 15.9 Å². The minimum atomic E-state index is -3.86. The summed E-state index contributed by atoms with van der Waals surface area (Å²) in [6, 6.07) is 12.8. The van der Waals surface area contributed by atoms with Crippen molar-refractivity contribution in [2.45, 2.75) is 18.0 Å². The van der Waals surface area contributed by atoms with Gasteiger partial charge in [-0.2, -0.15) is 13.1 Å². The Morgan fingerprint density at radius 3 is 2.48 bits per heavy atom. The summed E-state index contributed by atoms with van der Waals surface area (Å²) in [6.45, 7) is -3.09. The molecule has 0 amide bonds. The number of aromatic nitrogens is 2. The number of alkyl halides is 2. The highest BCUT2D eigenvalue weighted by molar-refractivity contribution is 9.10. The quantitative estimate of drug-likeness (QED) is 0.615. The molecule has 0 atom stereocenters. The highest BCUT2D eigenvalue weighted by atomic mass is 79.9. The van der Waals surface area contributed by atoms with Crippen LogP contribution in [0.1, 0.15) is 12.4 Å². The Morgan fingerprint density at radius 1 is 1.16 bits per heavy atom. The Balaban J connectivity index is 2.01. The van der Waals surface area contributed by atoms with Crippen LogP contribution < -0.4 is 0 Å². The first kappa shape index (κ1) is 18.0. The second-order valence-corrected chi connectivity index (χ2v) is 8.22. The molecule has 9 heteroatoms. The van der Waals surface area contributed by atoms with Gasteiger partial charge in [0.2, 0.25) is 10.0 Å². The van der Waals surface area contributed by atoms with E-state index in [2.05, 4.69) is 20.9 Å². The number of halogens is 3. The number of hydrogen-bond donors (Lipinski definition) is 0. The Labute approximate surface area is 152 Å². The normalized spacial score (nSPS) is 12.4. The first-order chi connectivity index (χ1) is 11.8. The third-order valence-corrected chi connectivity index (χ3v) is 6.57.